The molecule has 4 aromatic rings. The van der Waals surface area contributed by atoms with E-state index in [1.54, 1.807) is 12.0 Å². The lowest BCUT2D eigenvalue weighted by molar-refractivity contribution is -0.147. The first-order valence-electron chi connectivity index (χ1n) is 14.3. The molecule has 1 fully saturated rings. The summed E-state index contributed by atoms with van der Waals surface area (Å²) in [7, 11) is 3.66. The van der Waals surface area contributed by atoms with Gasteiger partial charge < -0.3 is 19.5 Å². The first-order chi connectivity index (χ1) is 19.4. The zero-order chi connectivity index (χ0) is 27.9. The third-order valence-corrected chi connectivity index (χ3v) is 8.97. The van der Waals surface area contributed by atoms with Gasteiger partial charge in [-0.25, -0.2) is 0 Å². The first-order valence-corrected chi connectivity index (χ1v) is 14.3. The number of aromatic nitrogens is 1. The van der Waals surface area contributed by atoms with Crippen LogP contribution in [0.25, 0.3) is 10.9 Å². The summed E-state index contributed by atoms with van der Waals surface area (Å²) in [5, 5.41) is 4.37. The molecule has 1 aliphatic carbocycles. The quantitative estimate of drug-likeness (QED) is 0.328. The number of para-hydroxylation sites is 1. The van der Waals surface area contributed by atoms with Crippen molar-refractivity contribution in [2.24, 2.45) is 7.05 Å². The Balaban J connectivity index is 1.56. The van der Waals surface area contributed by atoms with E-state index in [1.165, 1.54) is 6.42 Å². The van der Waals surface area contributed by atoms with Gasteiger partial charge in [-0.3, -0.25) is 9.59 Å². The van der Waals surface area contributed by atoms with Gasteiger partial charge in [0.05, 0.1) is 18.2 Å². The Hall–Kier alpha value is -4.06. The summed E-state index contributed by atoms with van der Waals surface area (Å²) in [6.45, 7) is 2.33. The van der Waals surface area contributed by atoms with Gasteiger partial charge in [0.25, 0.3) is 0 Å². The molecule has 40 heavy (non-hydrogen) atoms. The van der Waals surface area contributed by atoms with Gasteiger partial charge in [-0.2, -0.15) is 0 Å². The number of carbonyl (C=O) groups is 2. The van der Waals surface area contributed by atoms with E-state index in [2.05, 4.69) is 22.0 Å². The number of rotatable bonds is 6. The smallest absolute Gasteiger partial charge is 0.249 e. The number of methoxy groups -OCH3 is 1. The number of carbonyl (C=O) groups excluding carboxylic acids is 2. The fraction of sp³-hybridized carbons (Fsp3) is 0.353. The van der Waals surface area contributed by atoms with Crippen LogP contribution in [0.5, 0.6) is 5.75 Å². The molecule has 0 radical (unpaired) electrons. The van der Waals surface area contributed by atoms with Gasteiger partial charge in [-0.05, 0) is 49.1 Å². The molecule has 2 atom stereocenters. The molecule has 0 unspecified atom stereocenters. The Kier molecular flexibility index (Phi) is 6.87. The molecule has 0 saturated heterocycles. The third-order valence-electron chi connectivity index (χ3n) is 8.97. The minimum atomic E-state index is -0.967. The predicted molar refractivity (Wildman–Crippen MR) is 157 cm³/mol. The minimum Gasteiger partial charge on any atom is -0.497 e. The number of nitrogens with zero attached hydrogens (tertiary/aromatic N) is 2. The van der Waals surface area contributed by atoms with Crippen molar-refractivity contribution in [1.82, 2.24) is 14.8 Å². The molecular weight excluding hydrogens is 498 g/mol. The number of fused-ring (bicyclic) bond motifs is 3. The summed E-state index contributed by atoms with van der Waals surface area (Å²) in [6, 6.07) is 25.3. The second-order valence-electron chi connectivity index (χ2n) is 11.4. The van der Waals surface area contributed by atoms with E-state index in [0.717, 1.165) is 64.7 Å². The van der Waals surface area contributed by atoms with Crippen LogP contribution in [0.2, 0.25) is 0 Å². The zero-order valence-corrected chi connectivity index (χ0v) is 23.5. The molecule has 1 aromatic heterocycles. The van der Waals surface area contributed by atoms with Crippen molar-refractivity contribution in [3.8, 4) is 5.75 Å². The highest BCUT2D eigenvalue weighted by molar-refractivity contribution is 6.04. The Morgan fingerprint density at radius 2 is 1.62 bits per heavy atom. The van der Waals surface area contributed by atoms with Crippen LogP contribution in [0.1, 0.15) is 67.5 Å². The van der Waals surface area contributed by atoms with Crippen LogP contribution in [-0.2, 0) is 28.6 Å². The summed E-state index contributed by atoms with van der Waals surface area (Å²) < 4.78 is 7.49. The molecule has 2 amide bonds. The van der Waals surface area contributed by atoms with Crippen molar-refractivity contribution >= 4 is 22.7 Å². The zero-order valence-electron chi connectivity index (χ0n) is 23.5. The lowest BCUT2D eigenvalue weighted by Gasteiger charge is -2.45. The third kappa shape index (κ3) is 4.26. The summed E-state index contributed by atoms with van der Waals surface area (Å²) in [4.78, 5) is 31.0. The lowest BCUT2D eigenvalue weighted by Crippen LogP contribution is -2.56. The Labute approximate surface area is 235 Å². The summed E-state index contributed by atoms with van der Waals surface area (Å²) >= 11 is 0. The van der Waals surface area contributed by atoms with Gasteiger partial charge in [-0.1, -0.05) is 79.9 Å². The van der Waals surface area contributed by atoms with Crippen LogP contribution in [0, 0.1) is 0 Å². The number of amides is 2. The standard InChI is InChI=1S/C34H37N3O3/c1-34(24-12-6-4-7-13-24)29-27-16-10-11-17-28(27)36(2)30(29)31(32(38)35-25-14-8-5-9-15-25)37(33(34)39)22-23-18-20-26(40-3)21-19-23/h4,6-7,10-13,16-21,25,31H,5,8-9,14-15,22H2,1-3H3,(H,35,38)/t31-,34+/m0/s1. The fourth-order valence-corrected chi connectivity index (χ4v) is 6.84. The molecular formula is C34H37N3O3. The van der Waals surface area contributed by atoms with Gasteiger partial charge in [0, 0.05) is 36.1 Å². The number of ether oxygens (including phenoxy) is 1. The van der Waals surface area contributed by atoms with E-state index >= 15 is 0 Å². The van der Waals surface area contributed by atoms with E-state index in [-0.39, 0.29) is 17.9 Å². The van der Waals surface area contributed by atoms with Crippen molar-refractivity contribution in [3.63, 3.8) is 0 Å². The SMILES string of the molecule is COc1ccc(CN2C(=O)[C@](C)(c3ccccc3)c3c(n(C)c4ccccc34)[C@H]2C(=O)NC2CCCCC2)cc1. The molecule has 6 heteroatoms. The van der Waals surface area contributed by atoms with E-state index in [4.69, 9.17) is 4.74 Å². The number of benzene rings is 3. The van der Waals surface area contributed by atoms with Crippen molar-refractivity contribution in [2.75, 3.05) is 7.11 Å². The highest BCUT2D eigenvalue weighted by atomic mass is 16.5. The monoisotopic (exact) mass is 535 g/mol. The maximum atomic E-state index is 14.9. The summed E-state index contributed by atoms with van der Waals surface area (Å²) in [6.07, 6.45) is 5.41. The number of nitrogens with one attached hydrogen (secondary N) is 1. The topological polar surface area (TPSA) is 63.6 Å². The van der Waals surface area contributed by atoms with Gasteiger partial charge >= 0.3 is 0 Å². The number of hydrogen-bond acceptors (Lipinski definition) is 3. The largest absolute Gasteiger partial charge is 0.497 e. The Bertz CT molecular complexity index is 1540. The molecule has 2 heterocycles. The van der Waals surface area contributed by atoms with E-state index in [1.807, 2.05) is 80.7 Å². The minimum absolute atomic E-state index is 0.0674. The van der Waals surface area contributed by atoms with Crippen LogP contribution < -0.4 is 10.1 Å². The van der Waals surface area contributed by atoms with Crippen LogP contribution in [0.4, 0.5) is 0 Å². The van der Waals surface area contributed by atoms with Gasteiger partial charge in [0.15, 0.2) is 6.04 Å². The molecule has 1 N–H and O–H groups in total. The van der Waals surface area contributed by atoms with Crippen molar-refractivity contribution in [2.45, 2.75) is 63.1 Å². The summed E-state index contributed by atoms with van der Waals surface area (Å²) in [5.74, 6) is 0.587. The molecule has 6 rings (SSSR count). The normalized spacial score (nSPS) is 21.3. The van der Waals surface area contributed by atoms with Crippen molar-refractivity contribution < 1.29 is 14.3 Å². The van der Waals surface area contributed by atoms with E-state index < -0.39 is 11.5 Å². The maximum absolute atomic E-state index is 14.9. The molecule has 1 saturated carbocycles. The average Bonchev–Trinajstić information content (AvgIpc) is 3.29. The Morgan fingerprint density at radius 1 is 0.950 bits per heavy atom. The van der Waals surface area contributed by atoms with E-state index in [0.29, 0.717) is 6.54 Å². The number of aryl methyl sites for hydroxylation is 1. The van der Waals surface area contributed by atoms with Gasteiger partial charge in [-0.15, -0.1) is 0 Å². The van der Waals surface area contributed by atoms with Gasteiger partial charge in [0.1, 0.15) is 5.75 Å². The maximum Gasteiger partial charge on any atom is 0.249 e. The van der Waals surface area contributed by atoms with Crippen molar-refractivity contribution in [1.29, 1.82) is 0 Å². The van der Waals surface area contributed by atoms with Crippen LogP contribution >= 0.6 is 0 Å². The molecule has 206 valence electrons. The molecule has 6 nitrogen and oxygen atoms in total. The van der Waals surface area contributed by atoms with Crippen molar-refractivity contribution in [3.05, 3.63) is 101 Å². The highest BCUT2D eigenvalue weighted by Gasteiger charge is 2.53. The molecule has 0 bridgehead atoms. The first kappa shape index (κ1) is 26.2. The molecule has 1 aliphatic heterocycles. The summed E-state index contributed by atoms with van der Waals surface area (Å²) in [5.41, 5.74) is 3.73. The van der Waals surface area contributed by atoms with Crippen LogP contribution in [-0.4, -0.2) is 34.4 Å². The second-order valence-corrected chi connectivity index (χ2v) is 11.4. The van der Waals surface area contributed by atoms with Crippen LogP contribution in [0.15, 0.2) is 78.9 Å². The Morgan fingerprint density at radius 3 is 2.33 bits per heavy atom. The molecule has 0 spiro atoms. The second kappa shape index (κ2) is 10.5. The predicted octanol–water partition coefficient (Wildman–Crippen LogP) is 6.03. The number of hydrogen-bond donors (Lipinski definition) is 1. The molecule has 3 aromatic carbocycles. The van der Waals surface area contributed by atoms with Crippen LogP contribution in [0.3, 0.4) is 0 Å². The molecule has 2 aliphatic rings. The average molecular weight is 536 g/mol. The highest BCUT2D eigenvalue weighted by Crippen LogP contribution is 2.49. The van der Waals surface area contributed by atoms with E-state index in [9.17, 15) is 9.59 Å². The lowest BCUT2D eigenvalue weighted by atomic mass is 9.70. The fourth-order valence-electron chi connectivity index (χ4n) is 6.84. The van der Waals surface area contributed by atoms with Gasteiger partial charge in [0.2, 0.25) is 11.8 Å².